The normalized spacial score (nSPS) is 13.5. The predicted octanol–water partition coefficient (Wildman–Crippen LogP) is 23.1. The number of anilines is 13. The number of benzene rings is 8. The van der Waals surface area contributed by atoms with Gasteiger partial charge in [0, 0.05) is 146 Å². The molecule has 0 amide bonds. The quantitative estimate of drug-likeness (QED) is 0.0197. The number of halogens is 4. The molecule has 7 N–H and O–H groups in total. The summed E-state index contributed by atoms with van der Waals surface area (Å²) < 4.78 is 111. The van der Waals surface area contributed by atoms with Gasteiger partial charge in [0.1, 0.15) is 63.2 Å². The third kappa shape index (κ3) is 22.9. The van der Waals surface area contributed by atoms with Crippen molar-refractivity contribution in [3.8, 4) is 0 Å². The molecule has 124 heavy (non-hydrogen) atoms. The van der Waals surface area contributed by atoms with Crippen molar-refractivity contribution in [3.63, 3.8) is 0 Å². The second kappa shape index (κ2) is 39.6. The second-order valence-corrected chi connectivity index (χ2v) is 46.0. The van der Waals surface area contributed by atoms with Crippen molar-refractivity contribution in [2.45, 2.75) is 106 Å². The molecule has 1 saturated carbocycles. The lowest BCUT2D eigenvalue weighted by atomic mass is 10.0. The zero-order valence-electron chi connectivity index (χ0n) is 72.9. The van der Waals surface area contributed by atoms with E-state index in [0.717, 1.165) is 190 Å². The third-order valence-electron chi connectivity index (χ3n) is 22.7. The monoisotopic (exact) mass is 1750 g/mol. The minimum atomic E-state index is -4.72. The van der Waals surface area contributed by atoms with E-state index >= 15 is 0 Å². The smallest absolute Gasteiger partial charge is 0.381 e. The molecule has 16 rings (SSSR count). The molecule has 2 fully saturated rings. The van der Waals surface area contributed by atoms with Crippen LogP contribution in [0.3, 0.4) is 0 Å². The zero-order chi connectivity index (χ0) is 88.3. The van der Waals surface area contributed by atoms with E-state index in [2.05, 4.69) is 127 Å². The van der Waals surface area contributed by atoms with Crippen LogP contribution in [0.25, 0.3) is 32.8 Å². The van der Waals surface area contributed by atoms with Gasteiger partial charge in [0.15, 0.2) is 0 Å². The van der Waals surface area contributed by atoms with Crippen molar-refractivity contribution in [1.82, 2.24) is 29.8 Å². The van der Waals surface area contributed by atoms with Gasteiger partial charge in [-0.15, -0.1) is 0 Å². The Morgan fingerprint density at radius 3 is 1.57 bits per heavy atom. The van der Waals surface area contributed by atoms with Crippen LogP contribution in [0.2, 0.25) is 0 Å². The van der Waals surface area contributed by atoms with Gasteiger partial charge in [0.25, 0.3) is 0 Å². The van der Waals surface area contributed by atoms with Crippen molar-refractivity contribution < 1.29 is 40.6 Å². The van der Waals surface area contributed by atoms with Crippen LogP contribution in [0, 0.1) is 26.6 Å². The maximum absolute atomic E-state index is 14.1. The van der Waals surface area contributed by atoms with Crippen LogP contribution < -0.4 is 63.3 Å². The van der Waals surface area contributed by atoms with Crippen LogP contribution in [0.15, 0.2) is 212 Å². The summed E-state index contributed by atoms with van der Waals surface area (Å²) in [7, 11) is -9.16. The highest BCUT2D eigenvalue weighted by Gasteiger charge is 2.37. The van der Waals surface area contributed by atoms with Gasteiger partial charge in [-0.3, -0.25) is 9.88 Å². The molecule has 1 saturated heterocycles. The Bertz CT molecular complexity index is 6120. The molecular formula is C97H112F4N14O5P4. The number of hydrogen-bond acceptors (Lipinski definition) is 19. The number of aryl methyl sites for hydroxylation is 1. The maximum Gasteiger partial charge on any atom is 0.417 e. The maximum atomic E-state index is 14.1. The second-order valence-electron chi connectivity index (χ2n) is 32.8. The molecule has 0 radical (unpaired) electrons. The average Bonchev–Trinajstić information content (AvgIpc) is 1.03. The van der Waals surface area contributed by atoms with Gasteiger partial charge in [-0.25, -0.2) is 24.3 Å². The third-order valence-corrected chi connectivity index (χ3v) is 30.6. The number of ether oxygens (including phenoxy) is 1. The number of aromatic nitrogens is 5. The van der Waals surface area contributed by atoms with Gasteiger partial charge >= 0.3 is 6.18 Å². The fourth-order valence-corrected chi connectivity index (χ4v) is 19.7. The topological polar surface area (TPSA) is 233 Å². The summed E-state index contributed by atoms with van der Waals surface area (Å²) in [5.74, 6) is 1.87. The molecule has 0 atom stereocenters. The van der Waals surface area contributed by atoms with Crippen LogP contribution in [0.4, 0.5) is 92.0 Å². The lowest BCUT2D eigenvalue weighted by Crippen LogP contribution is -2.36. The lowest BCUT2D eigenvalue weighted by molar-refractivity contribution is -0.136. The Balaban J connectivity index is 0.000000142. The van der Waals surface area contributed by atoms with Gasteiger partial charge in [0.05, 0.1) is 58.1 Å². The number of alkyl halides is 3. The van der Waals surface area contributed by atoms with Crippen LogP contribution in [-0.2, 0) is 55.1 Å². The summed E-state index contributed by atoms with van der Waals surface area (Å²) in [6.07, 6.45) is 3.12. The fourth-order valence-electron chi connectivity index (χ4n) is 15.2. The van der Waals surface area contributed by atoms with Crippen LogP contribution in [0.1, 0.15) is 91.6 Å². The predicted molar refractivity (Wildman–Crippen MR) is 513 cm³/mol. The molecule has 0 unspecified atom stereocenters. The highest BCUT2D eigenvalue weighted by Crippen LogP contribution is 2.47. The summed E-state index contributed by atoms with van der Waals surface area (Å²) in [6, 6.07) is 65.3. The molecule has 0 bridgehead atoms. The Labute approximate surface area is 725 Å². The number of morpholine rings is 1. The highest BCUT2D eigenvalue weighted by molar-refractivity contribution is 7.71. The molecule has 0 spiro atoms. The summed E-state index contributed by atoms with van der Waals surface area (Å²) in [5.41, 5.74) is 17.4. The Kier molecular flexibility index (Phi) is 29.1. The van der Waals surface area contributed by atoms with E-state index in [-0.39, 0.29) is 16.9 Å². The van der Waals surface area contributed by atoms with E-state index in [4.69, 9.17) is 19.7 Å². The molecule has 648 valence electrons. The first-order chi connectivity index (χ1) is 59.2. The van der Waals surface area contributed by atoms with Gasteiger partial charge in [-0.1, -0.05) is 100 Å². The van der Waals surface area contributed by atoms with Crippen LogP contribution in [0.5, 0.6) is 0 Å². The van der Waals surface area contributed by atoms with Crippen molar-refractivity contribution in [3.05, 3.63) is 263 Å². The number of nitrogens with one attached hydrogen (secondary N) is 7. The standard InChI is InChI=1S/C28H37N4OP.C24H26F4N3OP.C23H23N4OP.C22H26N3O2P/c1-6-32(7-2)19-21-11-13-23(14-12-21)30-28-20(3)27(25-9-8-10-26(25)31-28)29-22-15-17-24(18-16-22)34(4,5)33;1-4-33(32,5-2)18-10-8-17(9-11-18)30-23-14(3)22(29-16-6-7-16)21-19(24(26,27)28)12-15(25)13-20(21)31-23;1-29(2,28)19-12-10-17(11-13-19)16-25-22-15-21(26-18-7-4-3-5-8-18)23-20(27-22)9-6-14-24-23;1-16-21(25-12-14-27-15-13-25)19-6-4-5-7-20(19)24-22(16)23-17-8-10-18(11-9-17)28(2,3)26/h11-18H,6-10,19H2,1-5H3,(H2,29,30,31);8-13,16H,4-7H2,1-3H3,(H2,29,30,31);3-15H,16H2,1-2H3,(H2,25,26,27);4-11H,12-15H2,1-3H3,(H,23,24). The molecule has 8 aromatic carbocycles. The van der Waals surface area contributed by atoms with E-state index in [1.165, 1.54) is 27.9 Å². The van der Waals surface area contributed by atoms with Crippen molar-refractivity contribution in [2.24, 2.45) is 0 Å². The Hall–Kier alpha value is -10.8. The van der Waals surface area contributed by atoms with Gasteiger partial charge < -0.3 is 65.1 Å². The van der Waals surface area contributed by atoms with E-state index in [1.54, 1.807) is 64.0 Å². The highest BCUT2D eigenvalue weighted by atomic mass is 31.2. The van der Waals surface area contributed by atoms with Gasteiger partial charge in [0.2, 0.25) is 0 Å². The molecule has 19 nitrogen and oxygen atoms in total. The number of fused-ring (bicyclic) bond motifs is 4. The number of hydrogen-bond donors (Lipinski definition) is 7. The van der Waals surface area contributed by atoms with E-state index < -0.39 is 46.1 Å². The van der Waals surface area contributed by atoms with Crippen molar-refractivity contribution in [1.29, 1.82) is 0 Å². The minimum absolute atomic E-state index is 0.0725. The number of para-hydroxylation sites is 2. The average molecular weight is 1750 g/mol. The summed E-state index contributed by atoms with van der Waals surface area (Å²) in [4.78, 5) is 28.2. The SMILES string of the molecule is CCN(CC)Cc1ccc(Nc2nc3c(c(Nc4ccc(P(C)(C)=O)cc4)c2C)CCC3)cc1.CCP(=O)(CC)c1ccc(Nc2nc3cc(F)cc(C(F)(F)F)c3c(NC3CC3)c2C)cc1.CP(C)(=O)c1ccc(CNc2cc(Nc3ccccc3)c3ncccc3n2)cc1.Cc1c(Nc2ccc(P(C)(C)=O)cc2)nc2ccccc2c1N1CCOCC1. The van der Waals surface area contributed by atoms with E-state index in [0.29, 0.717) is 47.7 Å². The first-order valence-electron chi connectivity index (χ1n) is 42.3. The fraction of sp³-hybridized carbons (Fsp3) is 0.309. The Morgan fingerprint density at radius 1 is 0.508 bits per heavy atom. The molecule has 2 aliphatic carbocycles. The van der Waals surface area contributed by atoms with Crippen molar-refractivity contribution in [2.75, 3.05) is 134 Å². The van der Waals surface area contributed by atoms with Crippen LogP contribution in [-0.4, -0.2) is 128 Å². The molecule has 6 heterocycles. The van der Waals surface area contributed by atoms with Crippen molar-refractivity contribution >= 4 is 157 Å². The van der Waals surface area contributed by atoms with E-state index in [9.17, 15) is 35.8 Å². The largest absolute Gasteiger partial charge is 0.417 e. The van der Waals surface area contributed by atoms with Gasteiger partial charge in [-0.2, -0.15) is 13.2 Å². The lowest BCUT2D eigenvalue weighted by Gasteiger charge is -2.31. The summed E-state index contributed by atoms with van der Waals surface area (Å²) in [6.45, 7) is 31.9. The molecule has 27 heteroatoms. The summed E-state index contributed by atoms with van der Waals surface area (Å²) in [5, 5.41) is 28.3. The Morgan fingerprint density at radius 2 is 1.01 bits per heavy atom. The minimum Gasteiger partial charge on any atom is -0.381 e. The first-order valence-corrected chi connectivity index (χ1v) is 52.2. The summed E-state index contributed by atoms with van der Waals surface area (Å²) >= 11 is 0. The number of pyridine rings is 5. The molecular weight excluding hydrogens is 1640 g/mol. The zero-order valence-corrected chi connectivity index (χ0v) is 76.4. The van der Waals surface area contributed by atoms with E-state index in [1.807, 2.05) is 155 Å². The molecule has 1 aliphatic heterocycles. The molecule has 13 aromatic rings. The first kappa shape index (κ1) is 91.0. The number of rotatable bonds is 26. The number of nitrogens with zero attached hydrogens (tertiary/aromatic N) is 7. The van der Waals surface area contributed by atoms with Gasteiger partial charge in [-0.05, 0) is 244 Å². The molecule has 5 aromatic heterocycles. The molecule has 3 aliphatic rings. The van der Waals surface area contributed by atoms with Crippen LogP contribution >= 0.6 is 28.6 Å².